The second-order valence-electron chi connectivity index (χ2n) is 7.20. The highest BCUT2D eigenvalue weighted by Gasteiger charge is 2.38. The number of benzene rings is 1. The number of hydrogen-bond acceptors (Lipinski definition) is 6. The minimum Gasteiger partial charge on any atom is -0.497 e. The van der Waals surface area contributed by atoms with Crippen molar-refractivity contribution in [1.29, 1.82) is 0 Å². The van der Waals surface area contributed by atoms with Crippen molar-refractivity contribution in [2.24, 2.45) is 0 Å². The molecule has 0 aliphatic carbocycles. The van der Waals surface area contributed by atoms with Crippen molar-refractivity contribution in [2.45, 2.75) is 31.8 Å². The maximum Gasteiger partial charge on any atom is 0.324 e. The second-order valence-corrected chi connectivity index (χ2v) is 8.26. The summed E-state index contributed by atoms with van der Waals surface area (Å²) < 4.78 is 5.29. The van der Waals surface area contributed by atoms with E-state index >= 15 is 0 Å². The molecule has 29 heavy (non-hydrogen) atoms. The molecule has 0 saturated carbocycles. The lowest BCUT2D eigenvalue weighted by Crippen LogP contribution is -2.49. The van der Waals surface area contributed by atoms with Crippen LogP contribution in [0.1, 0.15) is 33.6 Å². The number of nitrogens with zero attached hydrogens (tertiary/aromatic N) is 3. The van der Waals surface area contributed by atoms with Gasteiger partial charge in [-0.15, -0.1) is 0 Å². The number of fused-ring (bicyclic) bond motifs is 1. The van der Waals surface area contributed by atoms with E-state index in [0.29, 0.717) is 30.9 Å². The van der Waals surface area contributed by atoms with E-state index in [1.807, 2.05) is 18.2 Å². The van der Waals surface area contributed by atoms with Gasteiger partial charge in [0.15, 0.2) is 0 Å². The van der Waals surface area contributed by atoms with Gasteiger partial charge in [-0.05, 0) is 48.6 Å². The highest BCUT2D eigenvalue weighted by molar-refractivity contribution is 7.17. The topological polar surface area (TPSA) is 93.0 Å². The Hall–Kier alpha value is -2.94. The quantitative estimate of drug-likeness (QED) is 0.565. The van der Waals surface area contributed by atoms with E-state index < -0.39 is 11.0 Å². The van der Waals surface area contributed by atoms with Crippen LogP contribution in [0.15, 0.2) is 30.3 Å². The van der Waals surface area contributed by atoms with Gasteiger partial charge in [-0.2, -0.15) is 0 Å². The molecule has 1 saturated heterocycles. The molecule has 3 heterocycles. The fourth-order valence-electron chi connectivity index (χ4n) is 4.01. The first-order chi connectivity index (χ1) is 14.0. The number of amides is 2. The molecule has 0 N–H and O–H groups in total. The summed E-state index contributed by atoms with van der Waals surface area (Å²) in [5, 5.41) is 10.8. The van der Waals surface area contributed by atoms with Gasteiger partial charge in [0.25, 0.3) is 5.91 Å². The van der Waals surface area contributed by atoms with Crippen LogP contribution in [0.25, 0.3) is 0 Å². The van der Waals surface area contributed by atoms with Crippen LogP contribution in [0.5, 0.6) is 5.75 Å². The number of rotatable bonds is 4. The van der Waals surface area contributed by atoms with Gasteiger partial charge in [0.05, 0.1) is 16.9 Å². The zero-order valence-electron chi connectivity index (χ0n) is 16.0. The summed E-state index contributed by atoms with van der Waals surface area (Å²) in [4.78, 5) is 40.2. The third kappa shape index (κ3) is 3.69. The molecule has 0 bridgehead atoms. The maximum atomic E-state index is 13.2. The normalized spacial score (nSPS) is 18.4. The lowest BCUT2D eigenvalue weighted by atomic mass is 9.98. The minimum absolute atomic E-state index is 0.0598. The third-order valence-corrected chi connectivity index (χ3v) is 6.54. The largest absolute Gasteiger partial charge is 0.497 e. The first kappa shape index (κ1) is 19.4. The molecule has 1 unspecified atom stereocenters. The van der Waals surface area contributed by atoms with Crippen molar-refractivity contribution < 1.29 is 19.2 Å². The number of methoxy groups -OCH3 is 1. The molecule has 2 aromatic rings. The highest BCUT2D eigenvalue weighted by Crippen LogP contribution is 2.30. The van der Waals surface area contributed by atoms with Crippen molar-refractivity contribution in [3.63, 3.8) is 0 Å². The molecule has 8 nitrogen and oxygen atoms in total. The fraction of sp³-hybridized carbons (Fsp3) is 0.400. The van der Waals surface area contributed by atoms with Gasteiger partial charge < -0.3 is 14.5 Å². The third-order valence-electron chi connectivity index (χ3n) is 5.52. The zero-order valence-corrected chi connectivity index (χ0v) is 16.8. The zero-order chi connectivity index (χ0) is 20.5. The monoisotopic (exact) mass is 415 g/mol. The van der Waals surface area contributed by atoms with Crippen LogP contribution < -0.4 is 4.74 Å². The van der Waals surface area contributed by atoms with E-state index in [-0.39, 0.29) is 16.8 Å². The first-order valence-corrected chi connectivity index (χ1v) is 10.3. The maximum absolute atomic E-state index is 13.2. The van der Waals surface area contributed by atoms with Crippen LogP contribution in [0.3, 0.4) is 0 Å². The van der Waals surface area contributed by atoms with Gasteiger partial charge in [0.1, 0.15) is 11.8 Å². The Morgan fingerprint density at radius 2 is 2.03 bits per heavy atom. The molecule has 9 heteroatoms. The Morgan fingerprint density at radius 3 is 2.76 bits per heavy atom. The summed E-state index contributed by atoms with van der Waals surface area (Å²) in [5.41, 5.74) is 2.27. The number of thiophene rings is 1. The molecule has 152 valence electrons. The molecule has 0 radical (unpaired) electrons. The van der Waals surface area contributed by atoms with E-state index in [0.717, 1.165) is 35.5 Å². The number of carbonyl (C=O) groups excluding carboxylic acids is 2. The number of carbonyl (C=O) groups is 2. The molecule has 1 aromatic carbocycles. The standard InChI is InChI=1S/C20H21N3O5S/c1-28-15-5-4-13-8-10-21(12-14(13)11-15)19(24)16-3-2-9-22(16)20(25)17-6-7-18(29-17)23(26)27/h4-7,11,16H,2-3,8-10,12H2,1H3. The minimum atomic E-state index is -0.518. The molecule has 4 rings (SSSR count). The average molecular weight is 415 g/mol. The van der Waals surface area contributed by atoms with Crippen LogP contribution in [0.2, 0.25) is 0 Å². The van der Waals surface area contributed by atoms with E-state index in [1.165, 1.54) is 17.7 Å². The SMILES string of the molecule is COc1ccc2c(c1)CN(C(=O)C1CCCN1C(=O)c1ccc([N+](=O)[O-])s1)CC2. The Bertz CT molecular complexity index is 973. The molecule has 2 aliphatic rings. The Morgan fingerprint density at radius 1 is 1.21 bits per heavy atom. The summed E-state index contributed by atoms with van der Waals surface area (Å²) in [5.74, 6) is 0.392. The predicted octanol–water partition coefficient (Wildman–Crippen LogP) is 2.85. The summed E-state index contributed by atoms with van der Waals surface area (Å²) in [7, 11) is 1.62. The smallest absolute Gasteiger partial charge is 0.324 e. The van der Waals surface area contributed by atoms with Crippen molar-refractivity contribution >= 4 is 28.2 Å². The highest BCUT2D eigenvalue weighted by atomic mass is 32.1. The van der Waals surface area contributed by atoms with Gasteiger partial charge in [0, 0.05) is 25.7 Å². The van der Waals surface area contributed by atoms with E-state index in [2.05, 4.69) is 0 Å². The Balaban J connectivity index is 1.50. The molecule has 1 aromatic heterocycles. The van der Waals surface area contributed by atoms with Crippen LogP contribution in [-0.2, 0) is 17.8 Å². The van der Waals surface area contributed by atoms with E-state index in [1.54, 1.807) is 16.9 Å². The average Bonchev–Trinajstić information content (AvgIpc) is 3.41. The van der Waals surface area contributed by atoms with Crippen LogP contribution >= 0.6 is 11.3 Å². The number of likely N-dealkylation sites (tertiary alicyclic amines) is 1. The lowest BCUT2D eigenvalue weighted by molar-refractivity contribution is -0.380. The van der Waals surface area contributed by atoms with Crippen LogP contribution in [0.4, 0.5) is 5.00 Å². The second kappa shape index (κ2) is 7.82. The van der Waals surface area contributed by atoms with Gasteiger partial charge >= 0.3 is 5.00 Å². The first-order valence-electron chi connectivity index (χ1n) is 9.47. The van der Waals surface area contributed by atoms with Gasteiger partial charge in [-0.25, -0.2) is 0 Å². The Kier molecular flexibility index (Phi) is 5.23. The number of ether oxygens (including phenoxy) is 1. The number of hydrogen-bond donors (Lipinski definition) is 0. The van der Waals surface area contributed by atoms with Gasteiger partial charge in [-0.1, -0.05) is 17.4 Å². The summed E-state index contributed by atoms with van der Waals surface area (Å²) in [6.45, 7) is 1.59. The number of nitro groups is 1. The summed E-state index contributed by atoms with van der Waals surface area (Å²) in [6, 6.07) is 8.19. The molecule has 2 aliphatic heterocycles. The molecular formula is C20H21N3O5S. The molecular weight excluding hydrogens is 394 g/mol. The molecule has 1 fully saturated rings. The fourth-order valence-corrected chi connectivity index (χ4v) is 4.78. The molecule has 0 spiro atoms. The van der Waals surface area contributed by atoms with Crippen LogP contribution in [-0.4, -0.2) is 52.8 Å². The van der Waals surface area contributed by atoms with Gasteiger partial charge in [0.2, 0.25) is 5.91 Å². The Labute approximate surface area is 171 Å². The van der Waals surface area contributed by atoms with Crippen molar-refractivity contribution in [3.05, 3.63) is 56.5 Å². The van der Waals surface area contributed by atoms with Crippen molar-refractivity contribution in [1.82, 2.24) is 9.80 Å². The van der Waals surface area contributed by atoms with E-state index in [4.69, 9.17) is 4.74 Å². The van der Waals surface area contributed by atoms with E-state index in [9.17, 15) is 19.7 Å². The van der Waals surface area contributed by atoms with Crippen molar-refractivity contribution in [3.8, 4) is 5.75 Å². The van der Waals surface area contributed by atoms with Crippen LogP contribution in [0, 0.1) is 10.1 Å². The van der Waals surface area contributed by atoms with Crippen molar-refractivity contribution in [2.75, 3.05) is 20.2 Å². The molecule has 2 amide bonds. The lowest BCUT2D eigenvalue weighted by Gasteiger charge is -2.33. The van der Waals surface area contributed by atoms with Gasteiger partial charge in [-0.3, -0.25) is 19.7 Å². The molecule has 1 atom stereocenters. The predicted molar refractivity (Wildman–Crippen MR) is 107 cm³/mol. The summed E-state index contributed by atoms with van der Waals surface area (Å²) in [6.07, 6.45) is 2.12. The summed E-state index contributed by atoms with van der Waals surface area (Å²) >= 11 is 0.851.